The Morgan fingerprint density at radius 2 is 1.77 bits per heavy atom. The van der Waals surface area contributed by atoms with Crippen LogP contribution in [0.3, 0.4) is 0 Å². The van der Waals surface area contributed by atoms with E-state index in [1.165, 1.54) is 6.07 Å². The maximum Gasteiger partial charge on any atom is 0.401 e. The molecule has 0 heterocycles. The van der Waals surface area contributed by atoms with Crippen molar-refractivity contribution in [2.24, 2.45) is 23.5 Å². The first-order chi connectivity index (χ1) is 18.1. The average molecular weight is 553 g/mol. The second-order valence-corrected chi connectivity index (χ2v) is 10.7. The van der Waals surface area contributed by atoms with Gasteiger partial charge in [0, 0.05) is 37.5 Å². The molecule has 0 aromatic heterocycles. The van der Waals surface area contributed by atoms with E-state index in [-0.39, 0.29) is 36.1 Å². The predicted octanol–water partition coefficient (Wildman–Crippen LogP) is 1.72. The van der Waals surface area contributed by atoms with E-state index in [4.69, 9.17) is 5.73 Å². The van der Waals surface area contributed by atoms with Crippen molar-refractivity contribution in [1.82, 2.24) is 10.2 Å². The fraction of sp³-hybridized carbons (Fsp3) is 0.500. The first kappa shape index (κ1) is 28.4. The van der Waals surface area contributed by atoms with Gasteiger partial charge in [-0.3, -0.25) is 19.3 Å². The third-order valence-electron chi connectivity index (χ3n) is 7.74. The molecule has 3 unspecified atom stereocenters. The van der Waals surface area contributed by atoms with E-state index < -0.39 is 76.8 Å². The van der Waals surface area contributed by atoms with Crippen LogP contribution in [-0.4, -0.2) is 84.6 Å². The van der Waals surface area contributed by atoms with Gasteiger partial charge in [-0.1, -0.05) is 0 Å². The molecule has 4 rings (SSSR count). The molecular formula is C26H31F3N4O6. The highest BCUT2D eigenvalue weighted by Crippen LogP contribution is 2.51. The van der Waals surface area contributed by atoms with Crippen molar-refractivity contribution in [1.29, 1.82) is 0 Å². The third kappa shape index (κ3) is 4.73. The minimum Gasteiger partial charge on any atom is -0.511 e. The molecule has 1 aromatic rings. The summed E-state index contributed by atoms with van der Waals surface area (Å²) in [5.74, 6) is -6.93. The second-order valence-electron chi connectivity index (χ2n) is 10.7. The Hall–Kier alpha value is -3.58. The smallest absolute Gasteiger partial charge is 0.401 e. The van der Waals surface area contributed by atoms with Crippen molar-refractivity contribution >= 4 is 23.2 Å². The Morgan fingerprint density at radius 1 is 1.13 bits per heavy atom. The van der Waals surface area contributed by atoms with Crippen LogP contribution in [0.2, 0.25) is 0 Å². The van der Waals surface area contributed by atoms with E-state index in [0.29, 0.717) is 11.3 Å². The topological polar surface area (TPSA) is 156 Å². The normalized spacial score (nSPS) is 25.0. The van der Waals surface area contributed by atoms with Crippen LogP contribution in [0, 0.1) is 17.8 Å². The number of primary amides is 1. The van der Waals surface area contributed by atoms with Gasteiger partial charge in [-0.2, -0.15) is 13.2 Å². The number of Topliss-reactive ketones (excluding diaryl/α,β-unsaturated/α-hetero) is 2. The van der Waals surface area contributed by atoms with Gasteiger partial charge in [-0.05, 0) is 50.4 Å². The highest BCUT2D eigenvalue weighted by molar-refractivity contribution is 6.22. The van der Waals surface area contributed by atoms with Crippen LogP contribution < -0.4 is 16.0 Å². The summed E-state index contributed by atoms with van der Waals surface area (Å²) < 4.78 is 38.0. The zero-order valence-corrected chi connectivity index (χ0v) is 21.9. The number of likely N-dealkylation sites (N-methyl/N-ethyl adjacent to an activating group) is 1. The van der Waals surface area contributed by atoms with Crippen LogP contribution in [0.5, 0.6) is 5.75 Å². The summed E-state index contributed by atoms with van der Waals surface area (Å²) in [5, 5.41) is 35.4. The molecule has 3 aliphatic carbocycles. The number of anilines is 1. The number of aliphatic hydroxyl groups is 2. The molecule has 10 nitrogen and oxygen atoms in total. The van der Waals surface area contributed by atoms with Crippen LogP contribution in [0.25, 0.3) is 0 Å². The highest BCUT2D eigenvalue weighted by atomic mass is 19.4. The molecule has 1 amide bonds. The Morgan fingerprint density at radius 3 is 2.31 bits per heavy atom. The Labute approximate surface area is 222 Å². The SMILES string of the molecule is CN(C)c1cc(CNCC(F)(F)F)c(O)c2c1CC1CC3C(C(=O)C(C(N)=O)=C(O)[C@H]3N(C)C)C(O)=C1C2=O. The summed E-state index contributed by atoms with van der Waals surface area (Å²) in [6.07, 6.45) is -4.10. The number of allylic oxidation sites excluding steroid dienone is 2. The number of phenolic OH excluding ortho intramolecular Hbond substituents is 1. The Balaban J connectivity index is 1.85. The molecule has 0 aliphatic heterocycles. The number of carbonyl (C=O) groups is 3. The average Bonchev–Trinajstić information content (AvgIpc) is 2.78. The van der Waals surface area contributed by atoms with E-state index in [2.05, 4.69) is 5.32 Å². The molecule has 0 bridgehead atoms. The molecule has 39 heavy (non-hydrogen) atoms. The van der Waals surface area contributed by atoms with Crippen LogP contribution >= 0.6 is 0 Å². The van der Waals surface area contributed by atoms with E-state index in [0.717, 1.165) is 0 Å². The minimum atomic E-state index is -4.48. The van der Waals surface area contributed by atoms with Crippen molar-refractivity contribution < 1.29 is 42.9 Å². The summed E-state index contributed by atoms with van der Waals surface area (Å²) in [7, 11) is 6.67. The molecule has 6 N–H and O–H groups in total. The standard InChI is InChI=1S/C26H31F3N4O6/c1-32(2)14-7-11(8-31-9-26(27,28)29)20(34)16-12(14)5-10-6-13-17(22(36)15(10)21(16)35)23(37)18(25(30)39)24(38)19(13)33(3)4/h7,10,13,17,19,31,34,36,38H,5-6,8-9H2,1-4H3,(H2,30,39)/t10?,13?,17?,19-/m0/s1. The lowest BCUT2D eigenvalue weighted by Crippen LogP contribution is -2.53. The Kier molecular flexibility index (Phi) is 7.19. The minimum absolute atomic E-state index is 0.0626. The van der Waals surface area contributed by atoms with Gasteiger partial charge in [0.15, 0.2) is 11.6 Å². The van der Waals surface area contributed by atoms with E-state index in [1.807, 2.05) is 0 Å². The first-order valence-electron chi connectivity index (χ1n) is 12.3. The molecule has 1 aromatic carbocycles. The lowest BCUT2D eigenvalue weighted by molar-refractivity contribution is -0.127. The van der Waals surface area contributed by atoms with Gasteiger partial charge in [0.05, 0.1) is 24.1 Å². The first-order valence-corrected chi connectivity index (χ1v) is 12.3. The number of nitrogens with one attached hydrogen (secondary N) is 1. The Bertz CT molecular complexity index is 1320. The largest absolute Gasteiger partial charge is 0.511 e. The highest BCUT2D eigenvalue weighted by Gasteiger charge is 2.54. The molecule has 0 spiro atoms. The molecule has 0 fully saturated rings. The number of benzene rings is 1. The van der Waals surface area contributed by atoms with Crippen molar-refractivity contribution in [3.8, 4) is 5.75 Å². The maximum atomic E-state index is 13.8. The van der Waals surface area contributed by atoms with Gasteiger partial charge in [0.25, 0.3) is 5.91 Å². The van der Waals surface area contributed by atoms with E-state index in [9.17, 15) is 42.9 Å². The van der Waals surface area contributed by atoms with Gasteiger partial charge >= 0.3 is 6.18 Å². The zero-order chi connectivity index (χ0) is 29.1. The summed E-state index contributed by atoms with van der Waals surface area (Å²) in [6, 6.07) is 0.685. The number of fused-ring (bicyclic) bond motifs is 3. The van der Waals surface area contributed by atoms with Crippen LogP contribution in [0.4, 0.5) is 18.9 Å². The number of ketones is 2. The number of alkyl halides is 3. The van der Waals surface area contributed by atoms with Crippen molar-refractivity contribution in [3.05, 3.63) is 45.4 Å². The number of aromatic hydroxyl groups is 1. The van der Waals surface area contributed by atoms with Gasteiger partial charge < -0.3 is 31.3 Å². The van der Waals surface area contributed by atoms with E-state index >= 15 is 0 Å². The molecule has 212 valence electrons. The van der Waals surface area contributed by atoms with E-state index in [1.54, 1.807) is 38.0 Å². The number of aliphatic hydroxyl groups excluding tert-OH is 2. The summed E-state index contributed by atoms with van der Waals surface area (Å²) in [5.41, 5.74) is 5.53. The summed E-state index contributed by atoms with van der Waals surface area (Å²) >= 11 is 0. The molecule has 0 radical (unpaired) electrons. The molecular weight excluding hydrogens is 521 g/mol. The number of phenols is 1. The number of amides is 1. The van der Waals surface area contributed by atoms with Gasteiger partial charge in [0.1, 0.15) is 22.8 Å². The molecule has 0 saturated carbocycles. The molecule has 3 aliphatic rings. The van der Waals surface area contributed by atoms with Crippen molar-refractivity contribution in [2.45, 2.75) is 31.6 Å². The predicted molar refractivity (Wildman–Crippen MR) is 134 cm³/mol. The third-order valence-corrected chi connectivity index (χ3v) is 7.74. The number of hydrogen-bond acceptors (Lipinski definition) is 9. The fourth-order valence-corrected chi connectivity index (χ4v) is 6.24. The monoisotopic (exact) mass is 552 g/mol. The number of halogens is 3. The molecule has 4 atom stereocenters. The second kappa shape index (κ2) is 9.87. The number of rotatable bonds is 6. The fourth-order valence-electron chi connectivity index (χ4n) is 6.24. The van der Waals surface area contributed by atoms with Gasteiger partial charge in [-0.25, -0.2) is 0 Å². The number of hydrogen-bond donors (Lipinski definition) is 5. The van der Waals surface area contributed by atoms with Gasteiger partial charge in [-0.15, -0.1) is 0 Å². The quantitative estimate of drug-likeness (QED) is 0.332. The summed E-state index contributed by atoms with van der Waals surface area (Å²) in [6.45, 7) is -1.68. The van der Waals surface area contributed by atoms with Crippen LogP contribution in [0.1, 0.15) is 27.9 Å². The summed E-state index contributed by atoms with van der Waals surface area (Å²) in [4.78, 5) is 42.5. The lowest BCUT2D eigenvalue weighted by atomic mass is 9.60. The van der Waals surface area contributed by atoms with Crippen LogP contribution in [0.15, 0.2) is 28.7 Å². The van der Waals surface area contributed by atoms with Gasteiger partial charge in [0.2, 0.25) is 0 Å². The molecule has 0 saturated heterocycles. The van der Waals surface area contributed by atoms with Crippen LogP contribution in [-0.2, 0) is 22.6 Å². The lowest BCUT2D eigenvalue weighted by Gasteiger charge is -2.46. The molecule has 13 heteroatoms. The number of carbonyl (C=O) groups excluding carboxylic acids is 3. The maximum absolute atomic E-state index is 13.8. The zero-order valence-electron chi connectivity index (χ0n) is 21.9. The number of nitrogens with zero attached hydrogens (tertiary/aromatic N) is 2. The van der Waals surface area contributed by atoms with Crippen molar-refractivity contribution in [3.63, 3.8) is 0 Å². The van der Waals surface area contributed by atoms with Crippen molar-refractivity contribution in [2.75, 3.05) is 39.6 Å². The number of nitrogens with two attached hydrogens (primary N) is 1.